The Balaban J connectivity index is 0.000000364. The minimum absolute atomic E-state index is 0.774. The van der Waals surface area contributed by atoms with Crippen LogP contribution < -0.4 is 10.6 Å². The Morgan fingerprint density at radius 3 is 2.57 bits per heavy atom. The van der Waals surface area contributed by atoms with Crippen molar-refractivity contribution in [1.29, 1.82) is 0 Å². The summed E-state index contributed by atoms with van der Waals surface area (Å²) < 4.78 is 0. The molecule has 0 bridgehead atoms. The number of aromatic nitrogens is 2. The summed E-state index contributed by atoms with van der Waals surface area (Å²) in [6.07, 6.45) is 0.850. The van der Waals surface area contributed by atoms with E-state index < -0.39 is 12.2 Å². The van der Waals surface area contributed by atoms with E-state index in [2.05, 4.69) is 27.4 Å². The first-order valence-corrected chi connectivity index (χ1v) is 3.23. The Bertz CT molecular complexity index is 304. The minimum atomic E-state index is -1.33. The Morgan fingerprint density at radius 2 is 2.21 bits per heavy atom. The number of primary amides is 1. The lowest BCUT2D eigenvalue weighted by Crippen LogP contribution is -2.16. The number of rotatable bonds is 1. The van der Waals surface area contributed by atoms with Gasteiger partial charge < -0.3 is 10.8 Å². The zero-order valence-electron chi connectivity index (χ0n) is 7.03. The van der Waals surface area contributed by atoms with Gasteiger partial charge in [-0.05, 0) is 12.8 Å². The molecule has 3 N–H and O–H groups in total. The third-order valence-corrected chi connectivity index (χ3v) is 0.781. The van der Waals surface area contributed by atoms with E-state index in [1.807, 2.05) is 0 Å². The second kappa shape index (κ2) is 6.17. The van der Waals surface area contributed by atoms with Crippen LogP contribution in [0.5, 0.6) is 0 Å². The van der Waals surface area contributed by atoms with Crippen LogP contribution in [-0.2, 0) is 0 Å². The highest BCUT2D eigenvalue weighted by atomic mass is 16.7. The van der Waals surface area contributed by atoms with Crippen molar-refractivity contribution < 1.29 is 19.5 Å². The molecule has 1 heterocycles. The van der Waals surface area contributed by atoms with E-state index >= 15 is 0 Å². The molecule has 0 unspecified atom stereocenters. The number of carboxylic acid groups (broad SMARTS) is 1. The number of hydrogen-bond acceptors (Lipinski definition) is 4. The quantitative estimate of drug-likeness (QED) is 0.606. The zero-order valence-corrected chi connectivity index (χ0v) is 7.03. The van der Waals surface area contributed by atoms with E-state index in [0.717, 1.165) is 4.85 Å². The smallest absolute Gasteiger partial charge is 0.459 e. The molecule has 0 fully saturated rings. The zero-order chi connectivity index (χ0) is 11.0. The Morgan fingerprint density at radius 1 is 1.64 bits per heavy atom. The third-order valence-electron chi connectivity index (χ3n) is 0.781. The largest absolute Gasteiger partial charge is 0.465 e. The predicted octanol–water partition coefficient (Wildman–Crippen LogP) is -0.245. The van der Waals surface area contributed by atoms with E-state index in [0.29, 0.717) is 0 Å². The summed E-state index contributed by atoms with van der Waals surface area (Å²) >= 11 is 0. The van der Waals surface area contributed by atoms with Crippen molar-refractivity contribution >= 4 is 18.9 Å². The second-order valence-electron chi connectivity index (χ2n) is 1.76. The molecule has 0 saturated heterocycles. The molecule has 0 saturated carbocycles. The first kappa shape index (κ1) is 11.6. The van der Waals surface area contributed by atoms with E-state index in [-0.39, 0.29) is 0 Å². The first-order chi connectivity index (χ1) is 6.56. The van der Waals surface area contributed by atoms with Gasteiger partial charge in [-0.3, -0.25) is 4.84 Å². The number of nitrogens with zero attached hydrogens (tertiary/aromatic N) is 3. The molecule has 14 heavy (non-hydrogen) atoms. The maximum absolute atomic E-state index is 10.4. The fourth-order valence-electron chi connectivity index (χ4n) is 0.418. The topological polar surface area (TPSA) is 120 Å². The molecule has 0 aliphatic rings. The molecule has 2 amide bonds. The van der Waals surface area contributed by atoms with Crippen molar-refractivity contribution in [3.8, 4) is 0 Å². The van der Waals surface area contributed by atoms with Gasteiger partial charge in [0.15, 0.2) is 0 Å². The molecule has 0 radical (unpaired) electrons. The molecule has 0 aromatic carbocycles. The SMILES string of the molecule is C=NC(=O)On1cccn1.NC(=O)O. The number of aliphatic imine (C=N–C) groups is 1. The standard InChI is InChI=1S/C5H5N3O2.CH3NO2/c1-6-5(9)10-8-4-2-3-7-8;2-1(3)4/h2-4H,1H2;2H2,(H,3,4). The maximum Gasteiger partial charge on any atom is 0.459 e. The average molecular weight is 200 g/mol. The van der Waals surface area contributed by atoms with Gasteiger partial charge in [-0.2, -0.15) is 4.99 Å². The summed E-state index contributed by atoms with van der Waals surface area (Å²) in [5, 5.41) is 10.8. The van der Waals surface area contributed by atoms with Crippen molar-refractivity contribution in [1.82, 2.24) is 9.94 Å². The van der Waals surface area contributed by atoms with Gasteiger partial charge in [0.25, 0.3) is 0 Å². The van der Waals surface area contributed by atoms with Crippen molar-refractivity contribution in [3.63, 3.8) is 0 Å². The molecule has 0 aliphatic heterocycles. The molecule has 8 heteroatoms. The highest BCUT2D eigenvalue weighted by Gasteiger charge is 1.96. The number of carbonyl (C=O) groups is 2. The minimum Gasteiger partial charge on any atom is -0.465 e. The van der Waals surface area contributed by atoms with E-state index in [4.69, 9.17) is 9.90 Å². The number of nitrogens with two attached hydrogens (primary N) is 1. The fourth-order valence-corrected chi connectivity index (χ4v) is 0.418. The summed E-state index contributed by atoms with van der Waals surface area (Å²) in [5.41, 5.74) is 4.03. The molecule has 0 aliphatic carbocycles. The summed E-state index contributed by atoms with van der Waals surface area (Å²) in [4.78, 5) is 27.6. The molecule has 76 valence electrons. The van der Waals surface area contributed by atoms with Crippen LogP contribution >= 0.6 is 0 Å². The van der Waals surface area contributed by atoms with Gasteiger partial charge in [0.1, 0.15) is 0 Å². The van der Waals surface area contributed by atoms with Gasteiger partial charge in [0.05, 0.1) is 12.4 Å². The van der Waals surface area contributed by atoms with Gasteiger partial charge >= 0.3 is 12.2 Å². The van der Waals surface area contributed by atoms with Crippen molar-refractivity contribution in [2.75, 3.05) is 0 Å². The second-order valence-corrected chi connectivity index (χ2v) is 1.76. The van der Waals surface area contributed by atoms with Gasteiger partial charge in [-0.1, -0.05) is 4.85 Å². The molecule has 8 nitrogen and oxygen atoms in total. The van der Waals surface area contributed by atoms with Crippen LogP contribution in [-0.4, -0.2) is 34.0 Å². The molecule has 1 aromatic rings. The lowest BCUT2D eigenvalue weighted by Gasteiger charge is -1.94. The normalized spacial score (nSPS) is 8.00. The molecular formula is C6H8N4O4. The summed E-state index contributed by atoms with van der Waals surface area (Å²) in [6, 6.07) is 1.62. The van der Waals surface area contributed by atoms with Crippen LogP contribution in [0.2, 0.25) is 0 Å². The van der Waals surface area contributed by atoms with Crippen molar-refractivity contribution in [2.45, 2.75) is 0 Å². The van der Waals surface area contributed by atoms with E-state index in [1.54, 1.807) is 6.07 Å². The highest BCUT2D eigenvalue weighted by Crippen LogP contribution is 1.81. The Hall–Kier alpha value is -2.38. The van der Waals surface area contributed by atoms with Gasteiger partial charge in [-0.25, -0.2) is 9.59 Å². The van der Waals surface area contributed by atoms with Gasteiger partial charge in [-0.15, -0.1) is 5.10 Å². The summed E-state index contributed by atoms with van der Waals surface area (Å²) in [6.45, 7) is 2.98. The summed E-state index contributed by atoms with van der Waals surface area (Å²) in [7, 11) is 0. The fraction of sp³-hybridized carbons (Fsp3) is 0. The molecule has 0 atom stereocenters. The van der Waals surface area contributed by atoms with Gasteiger partial charge in [0.2, 0.25) is 0 Å². The molecule has 1 aromatic heterocycles. The third kappa shape index (κ3) is 6.34. The van der Waals surface area contributed by atoms with E-state index in [9.17, 15) is 4.79 Å². The predicted molar refractivity (Wildman–Crippen MR) is 46.0 cm³/mol. The number of carbonyl (C=O) groups excluding carboxylic acids is 1. The summed E-state index contributed by atoms with van der Waals surface area (Å²) in [5.74, 6) is 0. The number of amides is 2. The molecule has 1 rings (SSSR count). The lowest BCUT2D eigenvalue weighted by molar-refractivity contribution is 0.126. The van der Waals surface area contributed by atoms with Crippen LogP contribution in [0.1, 0.15) is 0 Å². The highest BCUT2D eigenvalue weighted by molar-refractivity contribution is 5.73. The lowest BCUT2D eigenvalue weighted by atomic mass is 10.8. The number of hydrogen-bond donors (Lipinski definition) is 2. The average Bonchev–Trinajstić information content (AvgIpc) is 2.55. The van der Waals surface area contributed by atoms with Crippen LogP contribution in [0.4, 0.5) is 9.59 Å². The molecular weight excluding hydrogens is 192 g/mol. The van der Waals surface area contributed by atoms with Crippen molar-refractivity contribution in [2.24, 2.45) is 10.7 Å². The van der Waals surface area contributed by atoms with Gasteiger partial charge in [0, 0.05) is 0 Å². The van der Waals surface area contributed by atoms with Crippen LogP contribution in [0.3, 0.4) is 0 Å². The monoisotopic (exact) mass is 200 g/mol. The van der Waals surface area contributed by atoms with Crippen LogP contribution in [0, 0.1) is 0 Å². The van der Waals surface area contributed by atoms with Crippen LogP contribution in [0.15, 0.2) is 23.5 Å². The van der Waals surface area contributed by atoms with E-state index in [1.165, 1.54) is 12.4 Å². The first-order valence-electron chi connectivity index (χ1n) is 3.23. The maximum atomic E-state index is 10.4. The Kier molecular flexibility index (Phi) is 5.12. The van der Waals surface area contributed by atoms with Crippen LogP contribution in [0.25, 0.3) is 0 Å². The van der Waals surface area contributed by atoms with Crippen molar-refractivity contribution in [3.05, 3.63) is 18.5 Å². The Labute approximate surface area is 78.6 Å². The molecule has 0 spiro atoms.